The summed E-state index contributed by atoms with van der Waals surface area (Å²) in [7, 11) is 0. The van der Waals surface area contributed by atoms with Gasteiger partial charge in [0.05, 0.1) is 0 Å². The molecule has 1 heterocycles. The molecule has 0 bridgehead atoms. The average molecular weight is 373 g/mol. The average Bonchev–Trinajstić information content (AvgIpc) is 2.85. The lowest BCUT2D eigenvalue weighted by molar-refractivity contribution is -0.133. The highest BCUT2D eigenvalue weighted by atomic mass is 16.2. The van der Waals surface area contributed by atoms with Crippen molar-refractivity contribution in [2.75, 3.05) is 11.9 Å². The summed E-state index contributed by atoms with van der Waals surface area (Å²) in [4.78, 5) is 38.2. The quantitative estimate of drug-likeness (QED) is 0.483. The van der Waals surface area contributed by atoms with E-state index in [1.807, 2.05) is 24.3 Å². The van der Waals surface area contributed by atoms with Gasteiger partial charge in [0.2, 0.25) is 5.91 Å². The smallest absolute Gasteiger partial charge is 0.325 e. The number of imide groups is 1. The van der Waals surface area contributed by atoms with Gasteiger partial charge in [-0.25, -0.2) is 4.79 Å². The van der Waals surface area contributed by atoms with E-state index in [-0.39, 0.29) is 18.4 Å². The molecule has 1 aliphatic heterocycles. The maximum atomic E-state index is 12.7. The predicted molar refractivity (Wildman–Crippen MR) is 106 cm³/mol. The fraction of sp³-hybridized carbons (Fsp3) is 0.571. The number of nitrogens with one attached hydrogen (secondary N) is 2. The van der Waals surface area contributed by atoms with Crippen LogP contribution in [0.5, 0.6) is 0 Å². The van der Waals surface area contributed by atoms with Crippen molar-refractivity contribution >= 4 is 23.5 Å². The van der Waals surface area contributed by atoms with Crippen LogP contribution in [0.2, 0.25) is 0 Å². The topological polar surface area (TPSA) is 78.5 Å². The van der Waals surface area contributed by atoms with Gasteiger partial charge in [-0.1, -0.05) is 58.1 Å². The number of hydrogen-bond donors (Lipinski definition) is 2. The van der Waals surface area contributed by atoms with Crippen LogP contribution in [0.3, 0.4) is 0 Å². The second-order valence-electron chi connectivity index (χ2n) is 7.42. The van der Waals surface area contributed by atoms with Crippen LogP contribution in [0.25, 0.3) is 0 Å². The van der Waals surface area contributed by atoms with Crippen molar-refractivity contribution in [1.29, 1.82) is 0 Å². The molecule has 0 aliphatic carbocycles. The lowest BCUT2D eigenvalue weighted by atomic mass is 9.94. The van der Waals surface area contributed by atoms with Crippen molar-refractivity contribution in [3.63, 3.8) is 0 Å². The zero-order chi connectivity index (χ0) is 19.9. The van der Waals surface area contributed by atoms with E-state index in [0.717, 1.165) is 37.0 Å². The van der Waals surface area contributed by atoms with Crippen LogP contribution in [0.15, 0.2) is 24.3 Å². The Labute approximate surface area is 161 Å². The van der Waals surface area contributed by atoms with Crippen molar-refractivity contribution in [2.24, 2.45) is 0 Å². The fourth-order valence-corrected chi connectivity index (χ4v) is 3.31. The number of carbonyl (C=O) groups is 3. The van der Waals surface area contributed by atoms with Crippen LogP contribution in [-0.2, 0) is 16.0 Å². The van der Waals surface area contributed by atoms with Crippen molar-refractivity contribution in [3.05, 3.63) is 29.8 Å². The summed E-state index contributed by atoms with van der Waals surface area (Å²) in [6.45, 7) is 5.69. The van der Waals surface area contributed by atoms with Gasteiger partial charge >= 0.3 is 6.03 Å². The van der Waals surface area contributed by atoms with Gasteiger partial charge in [0.25, 0.3) is 5.91 Å². The van der Waals surface area contributed by atoms with Crippen LogP contribution >= 0.6 is 0 Å². The third kappa shape index (κ3) is 5.55. The lowest BCUT2D eigenvalue weighted by Crippen LogP contribution is -2.44. The molecule has 1 atom stereocenters. The molecule has 1 aromatic rings. The zero-order valence-electron chi connectivity index (χ0n) is 16.6. The van der Waals surface area contributed by atoms with Gasteiger partial charge < -0.3 is 10.6 Å². The molecule has 148 valence electrons. The molecule has 6 heteroatoms. The van der Waals surface area contributed by atoms with Gasteiger partial charge in [-0.15, -0.1) is 0 Å². The first kappa shape index (κ1) is 20.9. The number of hydrogen-bond acceptors (Lipinski definition) is 3. The second kappa shape index (κ2) is 9.53. The number of urea groups is 1. The normalized spacial score (nSPS) is 19.3. The number of unbranched alkanes of at least 4 members (excludes halogenated alkanes) is 4. The Morgan fingerprint density at radius 1 is 1.07 bits per heavy atom. The summed E-state index contributed by atoms with van der Waals surface area (Å²) in [6, 6.07) is 7.04. The van der Waals surface area contributed by atoms with Crippen molar-refractivity contribution in [2.45, 2.75) is 71.3 Å². The van der Waals surface area contributed by atoms with E-state index in [1.54, 1.807) is 6.92 Å². The van der Waals surface area contributed by atoms with Crippen LogP contribution in [0.4, 0.5) is 10.5 Å². The molecule has 2 rings (SSSR count). The minimum Gasteiger partial charge on any atom is -0.325 e. The third-order valence-electron chi connectivity index (χ3n) is 5.07. The molecule has 1 saturated heterocycles. The van der Waals surface area contributed by atoms with E-state index in [4.69, 9.17) is 0 Å². The molecule has 6 nitrogen and oxygen atoms in total. The third-order valence-corrected chi connectivity index (χ3v) is 5.07. The molecule has 27 heavy (non-hydrogen) atoms. The molecule has 0 radical (unpaired) electrons. The number of anilines is 1. The summed E-state index contributed by atoms with van der Waals surface area (Å²) in [5.41, 5.74) is 0.923. The Morgan fingerprint density at radius 2 is 1.74 bits per heavy atom. The summed E-state index contributed by atoms with van der Waals surface area (Å²) in [5.74, 6) is -0.700. The molecular formula is C21H31N3O3. The minimum absolute atomic E-state index is 0.272. The molecule has 1 aromatic carbocycles. The molecule has 1 unspecified atom stereocenters. The van der Waals surface area contributed by atoms with E-state index in [9.17, 15) is 14.4 Å². The standard InChI is InChI=1S/C21H31N3O3/c1-4-6-7-8-9-14-21(3)19(26)24(20(27)23-21)15-18(25)22-17-12-10-16(5-2)11-13-17/h10-13H,4-9,14-15H2,1-3H3,(H,22,25)(H,23,27). The van der Waals surface area contributed by atoms with E-state index in [0.29, 0.717) is 12.1 Å². The van der Waals surface area contributed by atoms with E-state index in [1.165, 1.54) is 12.0 Å². The maximum absolute atomic E-state index is 12.7. The highest BCUT2D eigenvalue weighted by molar-refractivity contribution is 6.09. The number of carbonyl (C=O) groups excluding carboxylic acids is 3. The number of amides is 4. The molecule has 1 fully saturated rings. The van der Waals surface area contributed by atoms with E-state index in [2.05, 4.69) is 24.5 Å². The molecule has 1 aliphatic rings. The highest BCUT2D eigenvalue weighted by Crippen LogP contribution is 2.24. The summed E-state index contributed by atoms with van der Waals surface area (Å²) >= 11 is 0. The van der Waals surface area contributed by atoms with Crippen LogP contribution < -0.4 is 10.6 Å². The van der Waals surface area contributed by atoms with E-state index >= 15 is 0 Å². The fourth-order valence-electron chi connectivity index (χ4n) is 3.31. The first-order chi connectivity index (χ1) is 12.9. The van der Waals surface area contributed by atoms with Crippen LogP contribution in [-0.4, -0.2) is 34.8 Å². The molecule has 2 N–H and O–H groups in total. The molecule has 0 saturated carbocycles. The number of aryl methyl sites for hydroxylation is 1. The Morgan fingerprint density at radius 3 is 2.37 bits per heavy atom. The Balaban J connectivity index is 1.88. The lowest BCUT2D eigenvalue weighted by Gasteiger charge is -2.21. The first-order valence-electron chi connectivity index (χ1n) is 9.92. The minimum atomic E-state index is -0.910. The van der Waals surface area contributed by atoms with Crippen LogP contribution in [0.1, 0.15) is 64.9 Å². The first-order valence-corrected chi connectivity index (χ1v) is 9.92. The van der Waals surface area contributed by atoms with Crippen molar-refractivity contribution < 1.29 is 14.4 Å². The van der Waals surface area contributed by atoms with Gasteiger partial charge in [0.1, 0.15) is 12.1 Å². The van der Waals surface area contributed by atoms with Gasteiger partial charge in [0, 0.05) is 5.69 Å². The van der Waals surface area contributed by atoms with Gasteiger partial charge in [-0.05, 0) is 37.5 Å². The monoisotopic (exact) mass is 373 g/mol. The van der Waals surface area contributed by atoms with Gasteiger partial charge in [-0.2, -0.15) is 0 Å². The summed E-state index contributed by atoms with van der Waals surface area (Å²) in [5, 5.41) is 5.50. The Hall–Kier alpha value is -2.37. The maximum Gasteiger partial charge on any atom is 0.325 e. The largest absolute Gasteiger partial charge is 0.325 e. The molecule has 4 amide bonds. The Kier molecular flexibility index (Phi) is 7.39. The van der Waals surface area contributed by atoms with Crippen molar-refractivity contribution in [3.8, 4) is 0 Å². The number of rotatable bonds is 10. The predicted octanol–water partition coefficient (Wildman–Crippen LogP) is 3.86. The van der Waals surface area contributed by atoms with Gasteiger partial charge in [0.15, 0.2) is 0 Å². The second-order valence-corrected chi connectivity index (χ2v) is 7.42. The van der Waals surface area contributed by atoms with Crippen molar-refractivity contribution in [1.82, 2.24) is 10.2 Å². The van der Waals surface area contributed by atoms with E-state index < -0.39 is 11.6 Å². The molecule has 0 aromatic heterocycles. The number of nitrogens with zero attached hydrogens (tertiary/aromatic N) is 1. The molecule has 0 spiro atoms. The SMILES string of the molecule is CCCCCCCC1(C)NC(=O)N(CC(=O)Nc2ccc(CC)cc2)C1=O. The zero-order valence-corrected chi connectivity index (χ0v) is 16.6. The molecular weight excluding hydrogens is 342 g/mol. The van der Waals surface area contributed by atoms with Gasteiger partial charge in [-0.3, -0.25) is 14.5 Å². The van der Waals surface area contributed by atoms with Crippen LogP contribution in [0, 0.1) is 0 Å². The summed E-state index contributed by atoms with van der Waals surface area (Å²) in [6.07, 6.45) is 6.93. The highest BCUT2D eigenvalue weighted by Gasteiger charge is 2.47. The Bertz CT molecular complexity index is 672. The summed E-state index contributed by atoms with van der Waals surface area (Å²) < 4.78 is 0. The number of benzene rings is 1.